The molecule has 2 rings (SSSR count). The van der Waals surface area contributed by atoms with E-state index in [1.807, 2.05) is 12.1 Å². The first-order chi connectivity index (χ1) is 11.4. The smallest absolute Gasteiger partial charge is 0.239 e. The molecule has 0 aromatic heterocycles. The minimum atomic E-state index is -3.56. The van der Waals surface area contributed by atoms with Crippen LogP contribution in [0.1, 0.15) is 11.1 Å². The number of hydrogen-bond donors (Lipinski definition) is 1. The lowest BCUT2D eigenvalue weighted by Gasteiger charge is -2.19. The topological polar surface area (TPSA) is 90.3 Å². The minimum Gasteiger partial charge on any atom is -0.324 e. The van der Waals surface area contributed by atoms with Gasteiger partial charge in [-0.25, -0.2) is 8.42 Å². The van der Waals surface area contributed by atoms with E-state index < -0.39 is 15.9 Å². The van der Waals surface area contributed by atoms with E-state index in [0.29, 0.717) is 11.3 Å². The van der Waals surface area contributed by atoms with Gasteiger partial charge in [0.05, 0.1) is 24.1 Å². The maximum atomic E-state index is 12.2. The quantitative estimate of drug-likeness (QED) is 0.868. The van der Waals surface area contributed by atoms with Crippen LogP contribution < -0.4 is 5.32 Å². The zero-order chi connectivity index (χ0) is 17.6. The second-order valence-electron chi connectivity index (χ2n) is 5.22. The van der Waals surface area contributed by atoms with Crippen LogP contribution in [0.5, 0.6) is 0 Å². The average Bonchev–Trinajstić information content (AvgIpc) is 2.55. The SMILES string of the molecule is CS(=O)(=O)N(CC(=O)Nc1ccccc1C#N)Cc1ccccc1. The molecule has 0 aliphatic rings. The molecular weight excluding hydrogens is 326 g/mol. The molecule has 0 radical (unpaired) electrons. The Bertz CT molecular complexity index is 858. The van der Waals surface area contributed by atoms with Gasteiger partial charge in [0.1, 0.15) is 6.07 Å². The fourth-order valence-corrected chi connectivity index (χ4v) is 2.85. The van der Waals surface area contributed by atoms with Gasteiger partial charge >= 0.3 is 0 Å². The molecule has 0 fully saturated rings. The molecule has 24 heavy (non-hydrogen) atoms. The van der Waals surface area contributed by atoms with Crippen LogP contribution in [-0.2, 0) is 21.4 Å². The number of rotatable bonds is 6. The van der Waals surface area contributed by atoms with Gasteiger partial charge in [-0.05, 0) is 17.7 Å². The third kappa shape index (κ3) is 4.91. The van der Waals surface area contributed by atoms with Gasteiger partial charge in [0.2, 0.25) is 15.9 Å². The van der Waals surface area contributed by atoms with Gasteiger partial charge in [-0.1, -0.05) is 42.5 Å². The van der Waals surface area contributed by atoms with E-state index in [2.05, 4.69) is 5.32 Å². The molecular formula is C17H17N3O3S. The van der Waals surface area contributed by atoms with Gasteiger partial charge < -0.3 is 5.32 Å². The monoisotopic (exact) mass is 343 g/mol. The number of carbonyl (C=O) groups is 1. The van der Waals surface area contributed by atoms with Crippen molar-refractivity contribution >= 4 is 21.6 Å². The Morgan fingerprint density at radius 2 is 1.75 bits per heavy atom. The van der Waals surface area contributed by atoms with E-state index in [0.717, 1.165) is 16.1 Å². The van der Waals surface area contributed by atoms with Crippen molar-refractivity contribution in [1.82, 2.24) is 4.31 Å². The van der Waals surface area contributed by atoms with Crippen molar-refractivity contribution < 1.29 is 13.2 Å². The molecule has 0 heterocycles. The number of para-hydroxylation sites is 1. The maximum absolute atomic E-state index is 12.2. The van der Waals surface area contributed by atoms with E-state index in [4.69, 9.17) is 5.26 Å². The summed E-state index contributed by atoms with van der Waals surface area (Å²) in [5.74, 6) is -0.501. The van der Waals surface area contributed by atoms with Gasteiger partial charge in [-0.15, -0.1) is 0 Å². The highest BCUT2D eigenvalue weighted by molar-refractivity contribution is 7.88. The van der Waals surface area contributed by atoms with Crippen LogP contribution in [0.2, 0.25) is 0 Å². The van der Waals surface area contributed by atoms with Crippen molar-refractivity contribution in [2.45, 2.75) is 6.54 Å². The summed E-state index contributed by atoms with van der Waals surface area (Å²) in [6.07, 6.45) is 1.06. The fourth-order valence-electron chi connectivity index (χ4n) is 2.12. The second kappa shape index (κ2) is 7.73. The molecule has 0 saturated heterocycles. The minimum absolute atomic E-state index is 0.104. The third-order valence-corrected chi connectivity index (χ3v) is 4.51. The zero-order valence-corrected chi connectivity index (χ0v) is 14.0. The standard InChI is InChI=1S/C17H17N3O3S/c1-24(22,23)20(12-14-7-3-2-4-8-14)13-17(21)19-16-10-6-5-9-15(16)11-18/h2-10H,12-13H2,1H3,(H,19,21). The van der Waals surface area contributed by atoms with E-state index in [-0.39, 0.29) is 13.1 Å². The molecule has 0 aliphatic carbocycles. The van der Waals surface area contributed by atoms with Gasteiger partial charge in [0, 0.05) is 6.54 Å². The highest BCUT2D eigenvalue weighted by atomic mass is 32.2. The molecule has 7 heteroatoms. The summed E-state index contributed by atoms with van der Waals surface area (Å²) in [5.41, 5.74) is 1.46. The van der Waals surface area contributed by atoms with Gasteiger partial charge in [-0.3, -0.25) is 4.79 Å². The normalized spacial score (nSPS) is 11.0. The van der Waals surface area contributed by atoms with E-state index in [9.17, 15) is 13.2 Å². The summed E-state index contributed by atoms with van der Waals surface area (Å²) in [7, 11) is -3.56. The van der Waals surface area contributed by atoms with Crippen molar-refractivity contribution in [2.24, 2.45) is 0 Å². The van der Waals surface area contributed by atoms with Gasteiger partial charge in [0.25, 0.3) is 0 Å². The lowest BCUT2D eigenvalue weighted by atomic mass is 10.2. The number of nitriles is 1. The van der Waals surface area contributed by atoms with Crippen molar-refractivity contribution in [3.8, 4) is 6.07 Å². The molecule has 2 aromatic carbocycles. The van der Waals surface area contributed by atoms with Gasteiger partial charge in [0.15, 0.2) is 0 Å². The lowest BCUT2D eigenvalue weighted by molar-refractivity contribution is -0.116. The Morgan fingerprint density at radius 3 is 2.38 bits per heavy atom. The first-order valence-corrected chi connectivity index (χ1v) is 9.03. The molecule has 6 nitrogen and oxygen atoms in total. The number of carbonyl (C=O) groups excluding carboxylic acids is 1. The Kier molecular flexibility index (Phi) is 5.68. The van der Waals surface area contributed by atoms with E-state index in [1.165, 1.54) is 0 Å². The highest BCUT2D eigenvalue weighted by Crippen LogP contribution is 2.14. The average molecular weight is 343 g/mol. The fraction of sp³-hybridized carbons (Fsp3) is 0.176. The van der Waals surface area contributed by atoms with Gasteiger partial charge in [-0.2, -0.15) is 9.57 Å². The molecule has 124 valence electrons. The predicted molar refractivity (Wildman–Crippen MR) is 91.5 cm³/mol. The zero-order valence-electron chi connectivity index (χ0n) is 13.1. The largest absolute Gasteiger partial charge is 0.324 e. The van der Waals surface area contributed by atoms with Crippen LogP contribution in [0.25, 0.3) is 0 Å². The number of benzene rings is 2. The first-order valence-electron chi connectivity index (χ1n) is 7.18. The summed E-state index contributed by atoms with van der Waals surface area (Å²) in [6, 6.07) is 17.6. The number of anilines is 1. The number of sulfonamides is 1. The van der Waals surface area contributed by atoms with Crippen LogP contribution >= 0.6 is 0 Å². The van der Waals surface area contributed by atoms with Crippen LogP contribution in [0, 0.1) is 11.3 Å². The molecule has 0 unspecified atom stereocenters. The molecule has 2 aromatic rings. The number of nitrogens with one attached hydrogen (secondary N) is 1. The second-order valence-corrected chi connectivity index (χ2v) is 7.20. The van der Waals surface area contributed by atoms with Crippen molar-refractivity contribution in [3.05, 3.63) is 65.7 Å². The molecule has 1 amide bonds. The summed E-state index contributed by atoms with van der Waals surface area (Å²) < 4.78 is 25.0. The summed E-state index contributed by atoms with van der Waals surface area (Å²) in [4.78, 5) is 12.2. The first kappa shape index (κ1) is 17.7. The summed E-state index contributed by atoms with van der Waals surface area (Å²) in [5, 5.41) is 11.6. The summed E-state index contributed by atoms with van der Waals surface area (Å²) in [6.45, 7) is -0.222. The van der Waals surface area contributed by atoms with E-state index in [1.54, 1.807) is 48.5 Å². The van der Waals surface area contributed by atoms with Crippen LogP contribution in [0.3, 0.4) is 0 Å². The summed E-state index contributed by atoms with van der Waals surface area (Å²) >= 11 is 0. The molecule has 0 bridgehead atoms. The molecule has 0 atom stereocenters. The number of hydrogen-bond acceptors (Lipinski definition) is 4. The van der Waals surface area contributed by atoms with Crippen LogP contribution in [0.15, 0.2) is 54.6 Å². The predicted octanol–water partition coefficient (Wildman–Crippen LogP) is 1.96. The number of nitrogens with zero attached hydrogens (tertiary/aromatic N) is 2. The Hall–Kier alpha value is -2.69. The highest BCUT2D eigenvalue weighted by Gasteiger charge is 2.21. The van der Waals surface area contributed by atoms with E-state index >= 15 is 0 Å². The Labute approximate surface area is 141 Å². The Balaban J connectivity index is 2.12. The molecule has 0 spiro atoms. The third-order valence-electron chi connectivity index (χ3n) is 3.31. The lowest BCUT2D eigenvalue weighted by Crippen LogP contribution is -2.37. The Morgan fingerprint density at radius 1 is 1.12 bits per heavy atom. The molecule has 0 aliphatic heterocycles. The maximum Gasteiger partial charge on any atom is 0.239 e. The van der Waals surface area contributed by atoms with Crippen molar-refractivity contribution in [2.75, 3.05) is 18.1 Å². The number of amides is 1. The molecule has 1 N–H and O–H groups in total. The van der Waals surface area contributed by atoms with Crippen LogP contribution in [-0.4, -0.2) is 31.4 Å². The van der Waals surface area contributed by atoms with Crippen molar-refractivity contribution in [3.63, 3.8) is 0 Å². The molecule has 0 saturated carbocycles. The van der Waals surface area contributed by atoms with Crippen molar-refractivity contribution in [1.29, 1.82) is 5.26 Å². The van der Waals surface area contributed by atoms with Crippen LogP contribution in [0.4, 0.5) is 5.69 Å².